The number of carbonyl (C=O) groups is 1. The fourth-order valence-corrected chi connectivity index (χ4v) is 7.65. The van der Waals surface area contributed by atoms with E-state index in [1.54, 1.807) is 0 Å². The van der Waals surface area contributed by atoms with Crippen LogP contribution in [-0.2, 0) is 36.3 Å². The van der Waals surface area contributed by atoms with Gasteiger partial charge in [-0.1, -0.05) is 30.3 Å². The van der Waals surface area contributed by atoms with E-state index in [4.69, 9.17) is 0 Å². The minimum Gasteiger partial charge on any atom is -0.389 e. The van der Waals surface area contributed by atoms with Crippen molar-refractivity contribution in [3.8, 4) is 0 Å². The average Bonchev–Trinajstić information content (AvgIpc) is 2.92. The predicted molar refractivity (Wildman–Crippen MR) is 149 cm³/mol. The lowest BCUT2D eigenvalue weighted by Gasteiger charge is -2.46. The van der Waals surface area contributed by atoms with Crippen LogP contribution in [0.3, 0.4) is 0 Å². The van der Waals surface area contributed by atoms with Gasteiger partial charge >= 0.3 is 12.4 Å². The van der Waals surface area contributed by atoms with Gasteiger partial charge in [-0.3, -0.25) is 4.79 Å². The summed E-state index contributed by atoms with van der Waals surface area (Å²) in [5.74, 6) is -5.33. The molecule has 1 fully saturated rings. The molecule has 3 aromatic carbocycles. The van der Waals surface area contributed by atoms with E-state index in [1.807, 2.05) is 0 Å². The quantitative estimate of drug-likeness (QED) is 0.184. The summed E-state index contributed by atoms with van der Waals surface area (Å²) in [6.45, 7) is 0.820. The summed E-state index contributed by atoms with van der Waals surface area (Å²) >= 11 is 0. The van der Waals surface area contributed by atoms with E-state index in [2.05, 4.69) is 10.1 Å². The number of nitrogens with one attached hydrogen (secondary N) is 1. The van der Waals surface area contributed by atoms with Gasteiger partial charge in [0.05, 0.1) is 17.1 Å². The molecule has 47 heavy (non-hydrogen) atoms. The zero-order chi connectivity index (χ0) is 35.2. The second-order valence-corrected chi connectivity index (χ2v) is 14.1. The smallest absolute Gasteiger partial charge is 0.389 e. The molecular weight excluding hydrogens is 669 g/mol. The first-order chi connectivity index (χ1) is 21.6. The van der Waals surface area contributed by atoms with Crippen LogP contribution in [0.5, 0.6) is 0 Å². The number of aliphatic hydroxyl groups is 1. The maximum Gasteiger partial charge on any atom is 0.430 e. The van der Waals surface area contributed by atoms with Crippen molar-refractivity contribution in [1.82, 2.24) is 5.32 Å². The second kappa shape index (κ2) is 12.4. The Morgan fingerprint density at radius 1 is 0.872 bits per heavy atom. The van der Waals surface area contributed by atoms with Crippen molar-refractivity contribution in [2.45, 2.75) is 66.5 Å². The molecule has 256 valence electrons. The molecule has 1 aliphatic rings. The number of hydrogen-bond donors (Lipinski definition) is 2. The van der Waals surface area contributed by atoms with Crippen molar-refractivity contribution < 1.29 is 62.6 Å². The van der Waals surface area contributed by atoms with E-state index < -0.39 is 103 Å². The van der Waals surface area contributed by atoms with Crippen LogP contribution in [-0.4, -0.2) is 43.9 Å². The normalized spacial score (nSPS) is 19.3. The summed E-state index contributed by atoms with van der Waals surface area (Å²) in [6, 6.07) is 7.74. The molecule has 4 rings (SSSR count). The minimum absolute atomic E-state index is 0.206. The lowest BCUT2D eigenvalue weighted by molar-refractivity contribution is -0.392. The van der Waals surface area contributed by atoms with Gasteiger partial charge in [0.2, 0.25) is 5.91 Å². The fourth-order valence-electron chi connectivity index (χ4n) is 5.41. The number of amides is 1. The van der Waals surface area contributed by atoms with Crippen molar-refractivity contribution in [3.63, 3.8) is 0 Å². The standard InChI is InChI=1S/C31H28F9NO5S/c1-27(2,43)17-41-26(42)18-14-28(15-18,47(44,45)22-12-10-21(32)11-13-22)19-6-8-20(9-7-19)29(30(35,36)37,31(38,39)40)46-16-23-24(33)4-3-5-25(23)34/h3-13,18,43H,14-17H2,1-2H3,(H,41,42). The third-order valence-corrected chi connectivity index (χ3v) is 10.5. The molecule has 16 heteroatoms. The Hall–Kier alpha value is -3.63. The first-order valence-corrected chi connectivity index (χ1v) is 15.4. The fraction of sp³-hybridized carbons (Fsp3) is 0.387. The molecule has 0 radical (unpaired) electrons. The highest BCUT2D eigenvalue weighted by molar-refractivity contribution is 7.92. The van der Waals surface area contributed by atoms with Gasteiger partial charge in [0, 0.05) is 23.6 Å². The van der Waals surface area contributed by atoms with E-state index in [9.17, 15) is 57.8 Å². The van der Waals surface area contributed by atoms with Gasteiger partial charge in [-0.25, -0.2) is 21.6 Å². The van der Waals surface area contributed by atoms with Crippen molar-refractivity contribution in [2.75, 3.05) is 6.54 Å². The second-order valence-electron chi connectivity index (χ2n) is 11.8. The number of halogens is 9. The summed E-state index contributed by atoms with van der Waals surface area (Å²) in [5.41, 5.74) is -9.46. The van der Waals surface area contributed by atoms with Crippen LogP contribution in [0.2, 0.25) is 0 Å². The van der Waals surface area contributed by atoms with E-state index in [1.165, 1.54) is 13.8 Å². The molecule has 1 saturated carbocycles. The Morgan fingerprint density at radius 3 is 1.85 bits per heavy atom. The van der Waals surface area contributed by atoms with Crippen LogP contribution in [0, 0.1) is 23.4 Å². The van der Waals surface area contributed by atoms with Crippen molar-refractivity contribution in [1.29, 1.82) is 0 Å². The maximum absolute atomic E-state index is 14.4. The molecule has 0 heterocycles. The molecule has 0 aromatic heterocycles. The number of benzene rings is 3. The van der Waals surface area contributed by atoms with E-state index in [-0.39, 0.29) is 12.1 Å². The number of hydrogen-bond acceptors (Lipinski definition) is 5. The first kappa shape index (κ1) is 36.2. The molecule has 2 N–H and O–H groups in total. The lowest BCUT2D eigenvalue weighted by Crippen LogP contribution is -2.56. The summed E-state index contributed by atoms with van der Waals surface area (Å²) < 4.78 is 158. The largest absolute Gasteiger partial charge is 0.430 e. The van der Waals surface area contributed by atoms with Gasteiger partial charge < -0.3 is 15.2 Å². The molecule has 0 saturated heterocycles. The first-order valence-electron chi connectivity index (χ1n) is 13.9. The van der Waals surface area contributed by atoms with Gasteiger partial charge in [-0.15, -0.1) is 0 Å². The monoisotopic (exact) mass is 697 g/mol. The van der Waals surface area contributed by atoms with Gasteiger partial charge in [0.15, 0.2) is 9.84 Å². The van der Waals surface area contributed by atoms with E-state index in [0.717, 1.165) is 30.3 Å². The highest BCUT2D eigenvalue weighted by Crippen LogP contribution is 2.56. The van der Waals surface area contributed by atoms with Crippen molar-refractivity contribution >= 4 is 15.7 Å². The van der Waals surface area contributed by atoms with Crippen LogP contribution in [0.25, 0.3) is 0 Å². The summed E-state index contributed by atoms with van der Waals surface area (Å²) in [4.78, 5) is 12.3. The molecule has 3 aromatic rings. The number of alkyl halides is 6. The molecular formula is C31H28F9NO5S. The highest BCUT2D eigenvalue weighted by atomic mass is 32.2. The average molecular weight is 698 g/mol. The van der Waals surface area contributed by atoms with Crippen LogP contribution >= 0.6 is 0 Å². The molecule has 0 atom stereocenters. The minimum atomic E-state index is -6.23. The van der Waals surface area contributed by atoms with Gasteiger partial charge in [-0.2, -0.15) is 26.3 Å². The molecule has 6 nitrogen and oxygen atoms in total. The third-order valence-electron chi connectivity index (χ3n) is 7.97. The maximum atomic E-state index is 14.4. The zero-order valence-electron chi connectivity index (χ0n) is 24.6. The van der Waals surface area contributed by atoms with Crippen LogP contribution in [0.15, 0.2) is 71.6 Å². The Bertz CT molecular complexity index is 1680. The number of carbonyl (C=O) groups excluding carboxylic acids is 1. The summed E-state index contributed by atoms with van der Waals surface area (Å²) in [6.07, 6.45) is -13.4. The predicted octanol–water partition coefficient (Wildman–Crippen LogP) is 6.61. The van der Waals surface area contributed by atoms with E-state index in [0.29, 0.717) is 36.4 Å². The Morgan fingerprint density at radius 2 is 1.38 bits per heavy atom. The van der Waals surface area contributed by atoms with E-state index >= 15 is 0 Å². The lowest BCUT2D eigenvalue weighted by atomic mass is 9.69. The Labute approximate surface area is 263 Å². The molecule has 0 aliphatic heterocycles. The summed E-state index contributed by atoms with van der Waals surface area (Å²) in [5, 5.41) is 12.4. The Kier molecular flexibility index (Phi) is 9.58. The van der Waals surface area contributed by atoms with Crippen LogP contribution in [0.1, 0.15) is 43.4 Å². The van der Waals surface area contributed by atoms with Crippen molar-refractivity contribution in [2.24, 2.45) is 5.92 Å². The van der Waals surface area contributed by atoms with Gasteiger partial charge in [-0.05, 0) is 68.7 Å². The SMILES string of the molecule is CC(C)(O)CNC(=O)C1CC(c2ccc(C(OCc3c(F)cccc3F)(C(F)(F)F)C(F)(F)F)cc2)(S(=O)(=O)c2ccc(F)cc2)C1. The van der Waals surface area contributed by atoms with Crippen LogP contribution < -0.4 is 5.32 Å². The van der Waals surface area contributed by atoms with Crippen LogP contribution in [0.4, 0.5) is 39.5 Å². The number of ether oxygens (including phenoxy) is 1. The van der Waals surface area contributed by atoms with Gasteiger partial charge in [0.1, 0.15) is 22.2 Å². The number of sulfone groups is 1. The van der Waals surface area contributed by atoms with Gasteiger partial charge in [0.25, 0.3) is 5.60 Å². The molecule has 0 unspecified atom stereocenters. The highest BCUT2D eigenvalue weighted by Gasteiger charge is 2.73. The molecule has 1 aliphatic carbocycles. The number of rotatable bonds is 10. The molecule has 1 amide bonds. The third kappa shape index (κ3) is 6.72. The zero-order valence-corrected chi connectivity index (χ0v) is 25.5. The van der Waals surface area contributed by atoms with Crippen molar-refractivity contribution in [3.05, 3.63) is 101 Å². The molecule has 0 spiro atoms. The summed E-state index contributed by atoms with van der Waals surface area (Å²) in [7, 11) is -4.56. The molecule has 0 bridgehead atoms. The Balaban J connectivity index is 1.79. The topological polar surface area (TPSA) is 92.7 Å².